The van der Waals surface area contributed by atoms with Crippen LogP contribution in [-0.4, -0.2) is 40.6 Å². The van der Waals surface area contributed by atoms with Crippen LogP contribution in [-0.2, 0) is 4.79 Å². The lowest BCUT2D eigenvalue weighted by Crippen LogP contribution is -2.51. The lowest BCUT2D eigenvalue weighted by molar-refractivity contribution is -0.142. The van der Waals surface area contributed by atoms with Crippen molar-refractivity contribution >= 4 is 12.0 Å². The zero-order chi connectivity index (χ0) is 15.1. The average molecular weight is 284 g/mol. The van der Waals surface area contributed by atoms with Gasteiger partial charge in [-0.3, -0.25) is 4.79 Å². The molecule has 0 aromatic carbocycles. The van der Waals surface area contributed by atoms with E-state index < -0.39 is 11.9 Å². The van der Waals surface area contributed by atoms with Crippen LogP contribution in [0.1, 0.15) is 59.3 Å². The van der Waals surface area contributed by atoms with Crippen LogP contribution in [0.3, 0.4) is 0 Å². The SMILES string of the molecule is CCCN(C(=O)NC1CCCCCC1C(=O)O)C(C)C. The normalized spacial score (nSPS) is 23.2. The van der Waals surface area contributed by atoms with E-state index in [-0.39, 0.29) is 18.1 Å². The van der Waals surface area contributed by atoms with Gasteiger partial charge in [0.15, 0.2) is 0 Å². The number of rotatable bonds is 5. The molecule has 20 heavy (non-hydrogen) atoms. The summed E-state index contributed by atoms with van der Waals surface area (Å²) in [5.41, 5.74) is 0. The van der Waals surface area contributed by atoms with Crippen LogP contribution in [0.5, 0.6) is 0 Å². The van der Waals surface area contributed by atoms with Crippen molar-refractivity contribution in [2.24, 2.45) is 5.92 Å². The van der Waals surface area contributed by atoms with Gasteiger partial charge in [0, 0.05) is 18.6 Å². The summed E-state index contributed by atoms with van der Waals surface area (Å²) in [7, 11) is 0. The van der Waals surface area contributed by atoms with Gasteiger partial charge in [0.2, 0.25) is 0 Å². The van der Waals surface area contributed by atoms with E-state index in [1.807, 2.05) is 20.8 Å². The highest BCUT2D eigenvalue weighted by molar-refractivity contribution is 5.77. The van der Waals surface area contributed by atoms with Crippen LogP contribution in [0.4, 0.5) is 4.79 Å². The number of aliphatic carboxylic acids is 1. The van der Waals surface area contributed by atoms with Crippen molar-refractivity contribution in [3.63, 3.8) is 0 Å². The molecule has 0 saturated heterocycles. The van der Waals surface area contributed by atoms with Gasteiger partial charge in [-0.05, 0) is 33.1 Å². The Morgan fingerprint density at radius 3 is 2.45 bits per heavy atom. The minimum Gasteiger partial charge on any atom is -0.481 e. The molecule has 2 atom stereocenters. The van der Waals surface area contributed by atoms with Gasteiger partial charge >= 0.3 is 12.0 Å². The molecule has 0 bridgehead atoms. The van der Waals surface area contributed by atoms with E-state index in [9.17, 15) is 14.7 Å². The second-order valence-electron chi connectivity index (χ2n) is 5.93. The van der Waals surface area contributed by atoms with E-state index in [1.54, 1.807) is 4.90 Å². The molecule has 0 spiro atoms. The van der Waals surface area contributed by atoms with Gasteiger partial charge in [-0.1, -0.05) is 26.2 Å². The Balaban J connectivity index is 2.71. The van der Waals surface area contributed by atoms with Gasteiger partial charge in [0.1, 0.15) is 0 Å². The molecule has 2 unspecified atom stereocenters. The summed E-state index contributed by atoms with van der Waals surface area (Å²) in [5.74, 6) is -1.24. The molecule has 1 rings (SSSR count). The molecule has 0 aromatic rings. The molecule has 5 heteroatoms. The lowest BCUT2D eigenvalue weighted by Gasteiger charge is -2.30. The smallest absolute Gasteiger partial charge is 0.317 e. The molecule has 5 nitrogen and oxygen atoms in total. The largest absolute Gasteiger partial charge is 0.481 e. The summed E-state index contributed by atoms with van der Waals surface area (Å²) < 4.78 is 0. The zero-order valence-corrected chi connectivity index (χ0v) is 12.9. The van der Waals surface area contributed by atoms with E-state index in [1.165, 1.54) is 0 Å². The molecule has 1 saturated carbocycles. The molecule has 1 fully saturated rings. The van der Waals surface area contributed by atoms with E-state index in [2.05, 4.69) is 5.32 Å². The van der Waals surface area contributed by atoms with Gasteiger partial charge in [0.25, 0.3) is 0 Å². The monoisotopic (exact) mass is 284 g/mol. The molecular formula is C15H28N2O3. The molecule has 2 amide bonds. The molecule has 0 radical (unpaired) electrons. The Labute approximate surface area is 121 Å². The van der Waals surface area contributed by atoms with E-state index >= 15 is 0 Å². The standard InChI is InChI=1S/C15H28N2O3/c1-4-10-17(11(2)3)15(20)16-13-9-7-5-6-8-12(13)14(18)19/h11-13H,4-10H2,1-3H3,(H,16,20)(H,18,19). The first-order valence-electron chi connectivity index (χ1n) is 7.77. The van der Waals surface area contributed by atoms with Crippen molar-refractivity contribution in [2.75, 3.05) is 6.54 Å². The maximum absolute atomic E-state index is 12.3. The average Bonchev–Trinajstić information content (AvgIpc) is 2.60. The van der Waals surface area contributed by atoms with Crippen molar-refractivity contribution in [1.82, 2.24) is 10.2 Å². The summed E-state index contributed by atoms with van der Waals surface area (Å²) >= 11 is 0. The van der Waals surface area contributed by atoms with Crippen LogP contribution < -0.4 is 5.32 Å². The van der Waals surface area contributed by atoms with Crippen molar-refractivity contribution in [3.05, 3.63) is 0 Å². The Kier molecular flexibility index (Phi) is 6.82. The van der Waals surface area contributed by atoms with Gasteiger partial charge in [-0.15, -0.1) is 0 Å². The number of carboxylic acids is 1. The number of urea groups is 1. The summed E-state index contributed by atoms with van der Waals surface area (Å²) in [4.78, 5) is 25.5. The van der Waals surface area contributed by atoms with Crippen LogP contribution in [0, 0.1) is 5.92 Å². The van der Waals surface area contributed by atoms with Crippen LogP contribution >= 0.6 is 0 Å². The molecule has 2 N–H and O–H groups in total. The fraction of sp³-hybridized carbons (Fsp3) is 0.867. The second kappa shape index (κ2) is 8.12. The number of nitrogens with zero attached hydrogens (tertiary/aromatic N) is 1. The number of carbonyl (C=O) groups excluding carboxylic acids is 1. The number of hydrogen-bond donors (Lipinski definition) is 2. The highest BCUT2D eigenvalue weighted by atomic mass is 16.4. The summed E-state index contributed by atoms with van der Waals surface area (Å²) in [6.07, 6.45) is 5.31. The van der Waals surface area contributed by atoms with Gasteiger partial charge < -0.3 is 15.3 Å². The number of amides is 2. The molecule has 1 aliphatic carbocycles. The lowest BCUT2D eigenvalue weighted by atomic mass is 9.95. The number of carbonyl (C=O) groups is 2. The molecule has 0 aliphatic heterocycles. The number of nitrogens with one attached hydrogen (secondary N) is 1. The number of carboxylic acid groups (broad SMARTS) is 1. The maximum atomic E-state index is 12.3. The molecule has 0 aromatic heterocycles. The third-order valence-corrected chi connectivity index (χ3v) is 3.99. The molecule has 1 aliphatic rings. The molecular weight excluding hydrogens is 256 g/mol. The maximum Gasteiger partial charge on any atom is 0.317 e. The van der Waals surface area contributed by atoms with Gasteiger partial charge in [-0.2, -0.15) is 0 Å². The number of hydrogen-bond acceptors (Lipinski definition) is 2. The Hall–Kier alpha value is -1.26. The molecule has 0 heterocycles. The summed E-state index contributed by atoms with van der Waals surface area (Å²) in [5, 5.41) is 12.3. The first kappa shape index (κ1) is 16.8. The topological polar surface area (TPSA) is 69.6 Å². The first-order chi connectivity index (χ1) is 9.47. The van der Waals surface area contributed by atoms with E-state index in [4.69, 9.17) is 0 Å². The fourth-order valence-corrected chi connectivity index (χ4v) is 2.85. The van der Waals surface area contributed by atoms with Crippen molar-refractivity contribution in [2.45, 2.75) is 71.4 Å². The van der Waals surface area contributed by atoms with Crippen molar-refractivity contribution < 1.29 is 14.7 Å². The first-order valence-corrected chi connectivity index (χ1v) is 7.77. The van der Waals surface area contributed by atoms with Crippen molar-refractivity contribution in [1.29, 1.82) is 0 Å². The highest BCUT2D eigenvalue weighted by Crippen LogP contribution is 2.24. The van der Waals surface area contributed by atoms with Gasteiger partial charge in [0.05, 0.1) is 5.92 Å². The zero-order valence-electron chi connectivity index (χ0n) is 12.9. The predicted molar refractivity (Wildman–Crippen MR) is 78.7 cm³/mol. The minimum atomic E-state index is -0.788. The summed E-state index contributed by atoms with van der Waals surface area (Å²) in [6, 6.07) is -0.232. The van der Waals surface area contributed by atoms with Gasteiger partial charge in [-0.25, -0.2) is 4.79 Å². The second-order valence-corrected chi connectivity index (χ2v) is 5.93. The Morgan fingerprint density at radius 1 is 1.25 bits per heavy atom. The minimum absolute atomic E-state index is 0.125. The quantitative estimate of drug-likeness (QED) is 0.763. The van der Waals surface area contributed by atoms with E-state index in [0.717, 1.165) is 32.1 Å². The Morgan fingerprint density at radius 2 is 1.90 bits per heavy atom. The van der Waals surface area contributed by atoms with Crippen LogP contribution in [0.25, 0.3) is 0 Å². The third-order valence-electron chi connectivity index (χ3n) is 3.99. The third kappa shape index (κ3) is 4.69. The summed E-state index contributed by atoms with van der Waals surface area (Å²) in [6.45, 7) is 6.70. The fourth-order valence-electron chi connectivity index (χ4n) is 2.85. The van der Waals surface area contributed by atoms with Crippen LogP contribution in [0.2, 0.25) is 0 Å². The van der Waals surface area contributed by atoms with E-state index in [0.29, 0.717) is 13.0 Å². The van der Waals surface area contributed by atoms with Crippen molar-refractivity contribution in [3.8, 4) is 0 Å². The predicted octanol–water partition coefficient (Wildman–Crippen LogP) is 2.85. The highest BCUT2D eigenvalue weighted by Gasteiger charge is 2.31. The molecule has 116 valence electrons. The Bertz CT molecular complexity index is 331. The van der Waals surface area contributed by atoms with Crippen LogP contribution in [0.15, 0.2) is 0 Å².